The number of ether oxygens (including phenoxy) is 1. The molecule has 0 radical (unpaired) electrons. The molecule has 0 aromatic heterocycles. The van der Waals surface area contributed by atoms with Gasteiger partial charge >= 0.3 is 0 Å². The van der Waals surface area contributed by atoms with E-state index in [0.717, 1.165) is 10.5 Å². The highest BCUT2D eigenvalue weighted by Gasteiger charge is 2.21. The molecule has 1 N–H and O–H groups in total. The minimum Gasteiger partial charge on any atom is -0.378 e. The number of hydrogen-bond donors (Lipinski definition) is 1. The molecule has 0 atom stereocenters. The number of carbonyl (C=O) groups excluding carboxylic acids is 2. The Hall–Kier alpha value is -2.31. The number of anilines is 1. The highest BCUT2D eigenvalue weighted by Crippen LogP contribution is 2.24. The van der Waals surface area contributed by atoms with E-state index in [0.29, 0.717) is 43.3 Å². The molecule has 1 aliphatic heterocycles. The third-order valence-electron chi connectivity index (χ3n) is 4.43. The molecule has 2 aromatic carbocycles. The fourth-order valence-electron chi connectivity index (χ4n) is 2.91. The molecule has 5 nitrogen and oxygen atoms in total. The van der Waals surface area contributed by atoms with Crippen LogP contribution in [0.4, 0.5) is 5.69 Å². The first-order valence-electron chi connectivity index (χ1n) is 9.00. The topological polar surface area (TPSA) is 58.6 Å². The summed E-state index contributed by atoms with van der Waals surface area (Å²) in [5.74, 6) is 0.101. The highest BCUT2D eigenvalue weighted by molar-refractivity contribution is 8.00. The lowest BCUT2D eigenvalue weighted by Crippen LogP contribution is -2.41. The van der Waals surface area contributed by atoms with Gasteiger partial charge in [-0.1, -0.05) is 29.8 Å². The van der Waals surface area contributed by atoms with Gasteiger partial charge in [0.15, 0.2) is 0 Å². The number of nitrogens with zero attached hydrogens (tertiary/aromatic N) is 1. The van der Waals surface area contributed by atoms with E-state index < -0.39 is 0 Å². The van der Waals surface area contributed by atoms with Gasteiger partial charge in [0.25, 0.3) is 5.91 Å². The van der Waals surface area contributed by atoms with Crippen LogP contribution in [-0.4, -0.2) is 48.8 Å². The van der Waals surface area contributed by atoms with Gasteiger partial charge in [0.1, 0.15) is 0 Å². The maximum atomic E-state index is 12.8. The molecule has 142 valence electrons. The molecule has 1 saturated heterocycles. The molecule has 0 unspecified atom stereocenters. The second kappa shape index (κ2) is 9.06. The maximum absolute atomic E-state index is 12.8. The van der Waals surface area contributed by atoms with Gasteiger partial charge in [-0.2, -0.15) is 0 Å². The Morgan fingerprint density at radius 3 is 2.63 bits per heavy atom. The van der Waals surface area contributed by atoms with Gasteiger partial charge in [-0.15, -0.1) is 11.8 Å². The van der Waals surface area contributed by atoms with E-state index in [-0.39, 0.29) is 11.8 Å². The number of carbonyl (C=O) groups is 2. The maximum Gasteiger partial charge on any atom is 0.256 e. The highest BCUT2D eigenvalue weighted by atomic mass is 32.2. The summed E-state index contributed by atoms with van der Waals surface area (Å²) in [6, 6.07) is 13.4. The fraction of sp³-hybridized carbons (Fsp3) is 0.333. The van der Waals surface area contributed by atoms with Crippen LogP contribution in [0.1, 0.15) is 21.5 Å². The summed E-state index contributed by atoms with van der Waals surface area (Å²) in [5.41, 5.74) is 3.40. The average Bonchev–Trinajstić information content (AvgIpc) is 2.69. The number of benzene rings is 2. The quantitative estimate of drug-likeness (QED) is 0.802. The van der Waals surface area contributed by atoms with Crippen molar-refractivity contribution in [3.8, 4) is 0 Å². The summed E-state index contributed by atoms with van der Waals surface area (Å²) >= 11 is 1.51. The second-order valence-corrected chi connectivity index (χ2v) is 7.57. The number of aryl methyl sites for hydroxylation is 2. The predicted molar refractivity (Wildman–Crippen MR) is 108 cm³/mol. The third kappa shape index (κ3) is 5.11. The Kier molecular flexibility index (Phi) is 6.53. The number of thioether (sulfide) groups is 1. The molecule has 0 bridgehead atoms. The van der Waals surface area contributed by atoms with Gasteiger partial charge in [-0.25, -0.2) is 0 Å². The molecule has 1 heterocycles. The summed E-state index contributed by atoms with van der Waals surface area (Å²) in [5, 5.41) is 2.90. The Morgan fingerprint density at radius 2 is 1.85 bits per heavy atom. The first-order chi connectivity index (χ1) is 13.0. The number of para-hydroxylation sites is 1. The molecule has 3 rings (SSSR count). The largest absolute Gasteiger partial charge is 0.378 e. The summed E-state index contributed by atoms with van der Waals surface area (Å²) in [4.78, 5) is 28.1. The van der Waals surface area contributed by atoms with Crippen LogP contribution in [0, 0.1) is 13.8 Å². The van der Waals surface area contributed by atoms with Crippen LogP contribution >= 0.6 is 11.8 Å². The van der Waals surface area contributed by atoms with Crippen LogP contribution in [0.15, 0.2) is 47.4 Å². The van der Waals surface area contributed by atoms with E-state index in [4.69, 9.17) is 4.74 Å². The van der Waals surface area contributed by atoms with Crippen LogP contribution < -0.4 is 5.32 Å². The zero-order valence-electron chi connectivity index (χ0n) is 15.7. The van der Waals surface area contributed by atoms with E-state index in [2.05, 4.69) is 23.5 Å². The molecule has 1 fully saturated rings. The molecule has 0 saturated carbocycles. The molecule has 2 aromatic rings. The van der Waals surface area contributed by atoms with Crippen LogP contribution in [0.25, 0.3) is 0 Å². The molecule has 27 heavy (non-hydrogen) atoms. The van der Waals surface area contributed by atoms with Crippen LogP contribution in [0.5, 0.6) is 0 Å². The summed E-state index contributed by atoms with van der Waals surface area (Å²) in [7, 11) is 0. The lowest BCUT2D eigenvalue weighted by atomic mass is 10.1. The Bertz CT molecular complexity index is 832. The van der Waals surface area contributed by atoms with Crippen molar-refractivity contribution in [3.63, 3.8) is 0 Å². The number of morpholine rings is 1. The zero-order valence-corrected chi connectivity index (χ0v) is 16.5. The fourth-order valence-corrected chi connectivity index (χ4v) is 3.83. The van der Waals surface area contributed by atoms with Gasteiger partial charge in [-0.05, 0) is 37.6 Å². The minimum atomic E-state index is -0.122. The van der Waals surface area contributed by atoms with E-state index in [1.165, 1.54) is 17.3 Å². The monoisotopic (exact) mass is 384 g/mol. The predicted octanol–water partition coefficient (Wildman–Crippen LogP) is 3.51. The van der Waals surface area contributed by atoms with Crippen LogP contribution in [0.2, 0.25) is 0 Å². The molecule has 2 amide bonds. The minimum absolute atomic E-state index is 0.0728. The Morgan fingerprint density at radius 1 is 1.11 bits per heavy atom. The van der Waals surface area contributed by atoms with Gasteiger partial charge in [0.2, 0.25) is 5.91 Å². The molecule has 0 spiro atoms. The zero-order chi connectivity index (χ0) is 19.2. The molecule has 1 aliphatic rings. The normalized spacial score (nSPS) is 14.1. The Balaban J connectivity index is 1.65. The van der Waals surface area contributed by atoms with E-state index in [1.807, 2.05) is 26.0 Å². The summed E-state index contributed by atoms with van der Waals surface area (Å²) in [6.07, 6.45) is 0. The van der Waals surface area contributed by atoms with Crippen molar-refractivity contribution >= 4 is 29.3 Å². The van der Waals surface area contributed by atoms with Gasteiger partial charge in [0.05, 0.1) is 30.2 Å². The first-order valence-corrected chi connectivity index (χ1v) is 9.99. The lowest BCUT2D eigenvalue weighted by molar-refractivity contribution is -0.113. The van der Waals surface area contributed by atoms with Crippen molar-refractivity contribution in [2.24, 2.45) is 0 Å². The van der Waals surface area contributed by atoms with Gasteiger partial charge in [0, 0.05) is 18.0 Å². The number of rotatable bonds is 5. The lowest BCUT2D eigenvalue weighted by Gasteiger charge is -2.27. The van der Waals surface area contributed by atoms with Crippen molar-refractivity contribution in [1.29, 1.82) is 0 Å². The molecule has 6 heteroatoms. The van der Waals surface area contributed by atoms with Crippen molar-refractivity contribution in [3.05, 3.63) is 59.2 Å². The van der Waals surface area contributed by atoms with Crippen molar-refractivity contribution in [2.75, 3.05) is 37.4 Å². The average molecular weight is 385 g/mol. The van der Waals surface area contributed by atoms with E-state index in [1.54, 1.807) is 17.0 Å². The standard InChI is InChI=1S/C21H24N2O3S/c1-15-7-8-16(2)19(13-15)27-14-20(24)22-18-6-4-3-5-17(18)21(25)23-9-11-26-12-10-23/h3-8,13H,9-12,14H2,1-2H3,(H,22,24). The SMILES string of the molecule is Cc1ccc(C)c(SCC(=O)Nc2ccccc2C(=O)N2CCOCC2)c1. The van der Waals surface area contributed by atoms with Crippen LogP contribution in [0.3, 0.4) is 0 Å². The van der Waals surface area contributed by atoms with E-state index >= 15 is 0 Å². The summed E-state index contributed by atoms with van der Waals surface area (Å²) < 4.78 is 5.31. The number of nitrogens with one attached hydrogen (secondary N) is 1. The molecular weight excluding hydrogens is 360 g/mol. The van der Waals surface area contributed by atoms with Gasteiger partial charge < -0.3 is 15.0 Å². The van der Waals surface area contributed by atoms with Gasteiger partial charge in [-0.3, -0.25) is 9.59 Å². The number of hydrogen-bond acceptors (Lipinski definition) is 4. The molecular formula is C21H24N2O3S. The smallest absolute Gasteiger partial charge is 0.256 e. The Labute approximate surface area is 164 Å². The number of amides is 2. The van der Waals surface area contributed by atoms with Crippen molar-refractivity contribution in [1.82, 2.24) is 4.90 Å². The van der Waals surface area contributed by atoms with E-state index in [9.17, 15) is 9.59 Å². The second-order valence-electron chi connectivity index (χ2n) is 6.56. The third-order valence-corrected chi connectivity index (χ3v) is 5.59. The first kappa shape index (κ1) is 19.5. The molecule has 0 aliphatic carbocycles. The van der Waals surface area contributed by atoms with Crippen molar-refractivity contribution < 1.29 is 14.3 Å². The summed E-state index contributed by atoms with van der Waals surface area (Å²) in [6.45, 7) is 6.32. The van der Waals surface area contributed by atoms with Crippen LogP contribution in [-0.2, 0) is 9.53 Å². The van der Waals surface area contributed by atoms with Crippen molar-refractivity contribution in [2.45, 2.75) is 18.7 Å².